The lowest BCUT2D eigenvalue weighted by Crippen LogP contribution is -2.23. The number of allylic oxidation sites excluding steroid dienone is 2. The van der Waals surface area contributed by atoms with E-state index in [1.807, 2.05) is 74.0 Å². The van der Waals surface area contributed by atoms with E-state index >= 15 is 0 Å². The van der Waals surface area contributed by atoms with Crippen LogP contribution in [0.1, 0.15) is 44.0 Å². The number of benzene rings is 1. The van der Waals surface area contributed by atoms with Crippen molar-refractivity contribution in [1.29, 1.82) is 0 Å². The molecule has 1 fully saturated rings. The number of rotatable bonds is 8. The molecule has 3 aromatic rings. The first kappa shape index (κ1) is 24.4. The summed E-state index contributed by atoms with van der Waals surface area (Å²) in [6.45, 7) is 10.6. The van der Waals surface area contributed by atoms with Crippen LogP contribution in [0.25, 0.3) is 17.3 Å². The lowest BCUT2D eigenvalue weighted by molar-refractivity contribution is 0.0206. The Morgan fingerprint density at radius 3 is 2.83 bits per heavy atom. The van der Waals surface area contributed by atoms with Gasteiger partial charge in [-0.3, -0.25) is 9.39 Å². The summed E-state index contributed by atoms with van der Waals surface area (Å²) in [5.41, 5.74) is 5.26. The maximum Gasteiger partial charge on any atom is 0.213 e. The quantitative estimate of drug-likeness (QED) is 0.413. The van der Waals surface area contributed by atoms with Crippen molar-refractivity contribution in [2.24, 2.45) is 10.9 Å². The molecule has 5 rings (SSSR count). The van der Waals surface area contributed by atoms with Gasteiger partial charge in [0, 0.05) is 61.1 Å². The molecule has 7 nitrogen and oxygen atoms in total. The Hall–Kier alpha value is -3.71. The molecule has 2 aliphatic carbocycles. The summed E-state index contributed by atoms with van der Waals surface area (Å²) in [5, 5.41) is 3.45. The van der Waals surface area contributed by atoms with E-state index in [-0.39, 0.29) is 5.60 Å². The van der Waals surface area contributed by atoms with Crippen molar-refractivity contribution in [3.05, 3.63) is 78.0 Å². The van der Waals surface area contributed by atoms with Crippen LogP contribution in [0, 0.1) is 5.92 Å². The van der Waals surface area contributed by atoms with Gasteiger partial charge in [-0.05, 0) is 37.1 Å². The van der Waals surface area contributed by atoms with Gasteiger partial charge >= 0.3 is 0 Å². The highest BCUT2D eigenvalue weighted by atomic mass is 16.5. The minimum atomic E-state index is -0.310. The Morgan fingerprint density at radius 1 is 1.29 bits per heavy atom. The van der Waals surface area contributed by atoms with Gasteiger partial charge in [-0.2, -0.15) is 0 Å². The van der Waals surface area contributed by atoms with Gasteiger partial charge in [0.15, 0.2) is 0 Å². The summed E-state index contributed by atoms with van der Waals surface area (Å²) < 4.78 is 13.7. The molecular weight excluding hydrogens is 438 g/mol. The van der Waals surface area contributed by atoms with E-state index in [0.29, 0.717) is 18.5 Å². The number of fused-ring (bicyclic) bond motifs is 2. The third kappa shape index (κ3) is 4.51. The van der Waals surface area contributed by atoms with Gasteiger partial charge in [-0.15, -0.1) is 0 Å². The van der Waals surface area contributed by atoms with Crippen molar-refractivity contribution in [1.82, 2.24) is 14.4 Å². The van der Waals surface area contributed by atoms with Crippen molar-refractivity contribution >= 4 is 35.1 Å². The van der Waals surface area contributed by atoms with Crippen LogP contribution in [0.3, 0.4) is 0 Å². The highest BCUT2D eigenvalue weighted by Crippen LogP contribution is 2.57. The fraction of sp³-hybridized carbons (Fsp3) is 0.321. The lowest BCUT2D eigenvalue weighted by atomic mass is 10.0. The monoisotopic (exact) mass is 471 g/mol. The normalized spacial score (nSPS) is 20.4. The summed E-state index contributed by atoms with van der Waals surface area (Å²) in [7, 11) is 3.46. The van der Waals surface area contributed by atoms with Gasteiger partial charge in [0.1, 0.15) is 17.0 Å². The fourth-order valence-electron chi connectivity index (χ4n) is 4.54. The van der Waals surface area contributed by atoms with Gasteiger partial charge in [-0.25, -0.2) is 9.97 Å². The molecule has 2 unspecified atom stereocenters. The number of anilines is 2. The van der Waals surface area contributed by atoms with Gasteiger partial charge in [0.25, 0.3) is 0 Å². The third-order valence-corrected chi connectivity index (χ3v) is 6.18. The standard InChI is InChI=1S/C26H27N5O2.C2H6/c1-5-17-7-8-21(12-19(17)16-27-3)29-25-30-22(14-24-28-9-10-31(24)25)18-11-20-15-26(20,33-6-2)23(13-18)32-4;1-2/h5,7-14,16,20H,1,6,15H2,2-4H3,(H,29,30);1-2H3. The average molecular weight is 472 g/mol. The molecule has 2 heterocycles. The Morgan fingerprint density at radius 2 is 2.11 bits per heavy atom. The molecule has 1 aromatic carbocycles. The highest BCUT2D eigenvalue weighted by Gasteiger charge is 2.60. The predicted octanol–water partition coefficient (Wildman–Crippen LogP) is 5.91. The van der Waals surface area contributed by atoms with Crippen molar-refractivity contribution in [2.75, 3.05) is 26.1 Å². The lowest BCUT2D eigenvalue weighted by Gasteiger charge is -2.23. The predicted molar refractivity (Wildman–Crippen MR) is 143 cm³/mol. The number of aromatic nitrogens is 3. The zero-order chi connectivity index (χ0) is 25.0. The van der Waals surface area contributed by atoms with Crippen LogP contribution < -0.4 is 5.32 Å². The maximum absolute atomic E-state index is 6.04. The summed E-state index contributed by atoms with van der Waals surface area (Å²) in [5.74, 6) is 1.83. The molecule has 2 aromatic heterocycles. The number of imidazole rings is 1. The van der Waals surface area contributed by atoms with E-state index in [1.165, 1.54) is 0 Å². The maximum atomic E-state index is 6.04. The van der Waals surface area contributed by atoms with Crippen molar-refractivity contribution in [3.8, 4) is 0 Å². The highest BCUT2D eigenvalue weighted by molar-refractivity contribution is 5.87. The Bertz CT molecular complexity index is 1320. The van der Waals surface area contributed by atoms with Crippen LogP contribution in [-0.2, 0) is 9.47 Å². The molecule has 0 aliphatic heterocycles. The number of ether oxygens (including phenoxy) is 2. The van der Waals surface area contributed by atoms with E-state index in [9.17, 15) is 0 Å². The molecule has 0 amide bonds. The molecule has 0 spiro atoms. The topological polar surface area (TPSA) is 73.0 Å². The van der Waals surface area contributed by atoms with Crippen molar-refractivity contribution in [2.45, 2.75) is 32.8 Å². The fourth-order valence-corrected chi connectivity index (χ4v) is 4.54. The van der Waals surface area contributed by atoms with Gasteiger partial charge in [0.2, 0.25) is 5.95 Å². The van der Waals surface area contributed by atoms with E-state index in [2.05, 4.69) is 27.9 Å². The second-order valence-electron chi connectivity index (χ2n) is 8.15. The second kappa shape index (κ2) is 10.3. The number of aliphatic imine (C=N–C) groups is 1. The van der Waals surface area contributed by atoms with E-state index in [0.717, 1.165) is 45.9 Å². The summed E-state index contributed by atoms with van der Waals surface area (Å²) in [6, 6.07) is 8.04. The number of methoxy groups -OCH3 is 1. The zero-order valence-corrected chi connectivity index (χ0v) is 21.1. The zero-order valence-electron chi connectivity index (χ0n) is 21.1. The number of nitrogens with one attached hydrogen (secondary N) is 1. The molecule has 0 radical (unpaired) electrons. The Kier molecular flexibility index (Phi) is 7.17. The van der Waals surface area contributed by atoms with Crippen LogP contribution in [-0.4, -0.2) is 46.9 Å². The molecular formula is C28H33N5O2. The summed E-state index contributed by atoms with van der Waals surface area (Å²) in [6.07, 6.45) is 12.5. The SMILES string of the molecule is C=Cc1ccc(Nc2nc(C3=CC4CC4(OCC)C(OC)=C3)cc3nccn23)cc1C=NC.CC. The molecule has 2 atom stereocenters. The van der Waals surface area contributed by atoms with Crippen LogP contribution >= 0.6 is 0 Å². The summed E-state index contributed by atoms with van der Waals surface area (Å²) >= 11 is 0. The number of hydrogen-bond donors (Lipinski definition) is 1. The molecule has 7 heteroatoms. The molecule has 0 saturated heterocycles. The van der Waals surface area contributed by atoms with Crippen molar-refractivity contribution < 1.29 is 9.47 Å². The van der Waals surface area contributed by atoms with Crippen LogP contribution in [0.4, 0.5) is 11.6 Å². The Balaban J connectivity index is 0.00000141. The minimum absolute atomic E-state index is 0.295. The minimum Gasteiger partial charge on any atom is -0.498 e. The van der Waals surface area contributed by atoms with Crippen molar-refractivity contribution in [3.63, 3.8) is 0 Å². The largest absolute Gasteiger partial charge is 0.498 e. The van der Waals surface area contributed by atoms with Crippen LogP contribution in [0.2, 0.25) is 0 Å². The smallest absolute Gasteiger partial charge is 0.213 e. The molecule has 2 aliphatic rings. The van der Waals surface area contributed by atoms with E-state index in [4.69, 9.17) is 14.5 Å². The first-order chi connectivity index (χ1) is 17.1. The molecule has 1 saturated carbocycles. The first-order valence-electron chi connectivity index (χ1n) is 12.0. The van der Waals surface area contributed by atoms with Gasteiger partial charge < -0.3 is 14.8 Å². The molecule has 0 bridgehead atoms. The van der Waals surface area contributed by atoms with Gasteiger partial charge in [-0.1, -0.05) is 38.6 Å². The molecule has 35 heavy (non-hydrogen) atoms. The molecule has 182 valence electrons. The summed E-state index contributed by atoms with van der Waals surface area (Å²) in [4.78, 5) is 13.6. The van der Waals surface area contributed by atoms with E-state index in [1.54, 1.807) is 20.4 Å². The van der Waals surface area contributed by atoms with E-state index < -0.39 is 0 Å². The Labute approximate surface area is 206 Å². The average Bonchev–Trinajstić information content (AvgIpc) is 3.39. The third-order valence-electron chi connectivity index (χ3n) is 6.18. The number of nitrogens with zero attached hydrogens (tertiary/aromatic N) is 4. The second-order valence-corrected chi connectivity index (χ2v) is 8.15. The van der Waals surface area contributed by atoms with Gasteiger partial charge in [0.05, 0.1) is 12.8 Å². The number of hydrogen-bond acceptors (Lipinski definition) is 6. The van der Waals surface area contributed by atoms with Crippen LogP contribution in [0.5, 0.6) is 0 Å². The molecule has 1 N–H and O–H groups in total. The first-order valence-corrected chi connectivity index (χ1v) is 12.0. The van der Waals surface area contributed by atoms with Crippen LogP contribution in [0.15, 0.2) is 66.1 Å².